The van der Waals surface area contributed by atoms with Crippen LogP contribution in [0, 0.1) is 0 Å². The van der Waals surface area contributed by atoms with E-state index in [0.717, 1.165) is 11.1 Å². The molecule has 2 aromatic rings. The molecule has 0 aliphatic carbocycles. The third-order valence-corrected chi connectivity index (χ3v) is 4.35. The van der Waals surface area contributed by atoms with E-state index in [-0.39, 0.29) is 6.04 Å². The first-order valence-corrected chi connectivity index (χ1v) is 7.61. The smallest absolute Gasteiger partial charge is 0.0468 e. The average molecular weight is 349 g/mol. The largest absolute Gasteiger partial charge is 0.306 e. The van der Waals surface area contributed by atoms with Gasteiger partial charge in [-0.15, -0.1) is 0 Å². The molecule has 0 aliphatic rings. The van der Waals surface area contributed by atoms with E-state index >= 15 is 0 Å². The summed E-state index contributed by atoms with van der Waals surface area (Å²) in [7, 11) is 0. The van der Waals surface area contributed by atoms with Gasteiger partial charge in [-0.3, -0.25) is 0 Å². The molecule has 2 rings (SSSR count). The number of hydrogen-bond acceptors (Lipinski definition) is 1. The molecule has 20 heavy (non-hydrogen) atoms. The Morgan fingerprint density at radius 1 is 0.950 bits per heavy atom. The monoisotopic (exact) mass is 347 g/mol. The summed E-state index contributed by atoms with van der Waals surface area (Å²) in [6, 6.07) is 11.0. The number of benzene rings is 2. The first-order chi connectivity index (χ1) is 9.49. The second-order valence-electron chi connectivity index (χ2n) is 4.47. The van der Waals surface area contributed by atoms with Crippen LogP contribution in [0.15, 0.2) is 36.4 Å². The minimum Gasteiger partial charge on any atom is -0.306 e. The molecule has 1 nitrogen and oxygen atoms in total. The molecule has 0 spiro atoms. The molecule has 1 atom stereocenters. The van der Waals surface area contributed by atoms with Crippen molar-refractivity contribution in [2.75, 3.05) is 0 Å². The summed E-state index contributed by atoms with van der Waals surface area (Å²) in [5.74, 6) is 0. The van der Waals surface area contributed by atoms with E-state index in [2.05, 4.69) is 5.32 Å². The second kappa shape index (κ2) is 7.02. The quantitative estimate of drug-likeness (QED) is 0.698. The van der Waals surface area contributed by atoms with Gasteiger partial charge in [-0.2, -0.15) is 0 Å². The maximum Gasteiger partial charge on any atom is 0.0468 e. The Morgan fingerprint density at radius 3 is 2.20 bits per heavy atom. The van der Waals surface area contributed by atoms with E-state index in [9.17, 15) is 0 Å². The lowest BCUT2D eigenvalue weighted by Crippen LogP contribution is -2.18. The molecule has 1 N–H and O–H groups in total. The molecule has 2 aromatic carbocycles. The van der Waals surface area contributed by atoms with Crippen LogP contribution in [0.2, 0.25) is 20.1 Å². The van der Waals surface area contributed by atoms with Gasteiger partial charge >= 0.3 is 0 Å². The van der Waals surface area contributed by atoms with Crippen LogP contribution >= 0.6 is 46.4 Å². The Bertz CT molecular complexity index is 593. The van der Waals surface area contributed by atoms with Crippen LogP contribution in [0.3, 0.4) is 0 Å². The molecule has 106 valence electrons. The summed E-state index contributed by atoms with van der Waals surface area (Å²) >= 11 is 24.4. The van der Waals surface area contributed by atoms with E-state index in [4.69, 9.17) is 46.4 Å². The van der Waals surface area contributed by atoms with Crippen molar-refractivity contribution >= 4 is 46.4 Å². The fourth-order valence-corrected chi connectivity index (χ4v) is 3.02. The van der Waals surface area contributed by atoms with Gasteiger partial charge < -0.3 is 5.32 Å². The third kappa shape index (κ3) is 3.81. The lowest BCUT2D eigenvalue weighted by Gasteiger charge is -2.17. The second-order valence-corrected chi connectivity index (χ2v) is 6.13. The van der Waals surface area contributed by atoms with E-state index in [0.29, 0.717) is 26.6 Å². The van der Waals surface area contributed by atoms with Crippen LogP contribution in [0.25, 0.3) is 0 Å². The Kier molecular flexibility index (Phi) is 5.59. The van der Waals surface area contributed by atoms with Gasteiger partial charge in [0.2, 0.25) is 0 Å². The first kappa shape index (κ1) is 15.9. The minimum atomic E-state index is 0.0621. The third-order valence-electron chi connectivity index (χ3n) is 3.08. The number of hydrogen-bond donors (Lipinski definition) is 1. The average Bonchev–Trinajstić information content (AvgIpc) is 2.37. The molecule has 0 amide bonds. The maximum absolute atomic E-state index is 6.19. The highest BCUT2D eigenvalue weighted by molar-refractivity contribution is 6.36. The summed E-state index contributed by atoms with van der Waals surface area (Å²) in [5.41, 5.74) is 1.87. The lowest BCUT2D eigenvalue weighted by atomic mass is 10.1. The van der Waals surface area contributed by atoms with Crippen LogP contribution in [0.5, 0.6) is 0 Å². The normalized spacial score (nSPS) is 12.4. The van der Waals surface area contributed by atoms with E-state index < -0.39 is 0 Å². The van der Waals surface area contributed by atoms with Crippen molar-refractivity contribution < 1.29 is 0 Å². The van der Waals surface area contributed by atoms with Crippen molar-refractivity contribution in [1.82, 2.24) is 5.32 Å². The molecule has 0 fully saturated rings. The fraction of sp³-hybridized carbons (Fsp3) is 0.200. The molecule has 0 radical (unpaired) electrons. The van der Waals surface area contributed by atoms with Gasteiger partial charge in [-0.25, -0.2) is 0 Å². The molecular weight excluding hydrogens is 336 g/mol. The summed E-state index contributed by atoms with van der Waals surface area (Å²) in [4.78, 5) is 0. The van der Waals surface area contributed by atoms with Gasteiger partial charge in [-0.05, 0) is 36.8 Å². The molecule has 0 aliphatic heterocycles. The molecular formula is C15H13Cl4N. The topological polar surface area (TPSA) is 12.0 Å². The van der Waals surface area contributed by atoms with Crippen molar-refractivity contribution in [2.24, 2.45) is 0 Å². The molecule has 0 saturated carbocycles. The maximum atomic E-state index is 6.19. The highest BCUT2D eigenvalue weighted by atomic mass is 35.5. The minimum absolute atomic E-state index is 0.0621. The molecule has 5 heteroatoms. The van der Waals surface area contributed by atoms with Crippen molar-refractivity contribution in [3.63, 3.8) is 0 Å². The van der Waals surface area contributed by atoms with Crippen LogP contribution in [0.1, 0.15) is 24.1 Å². The van der Waals surface area contributed by atoms with Gasteiger partial charge in [0.15, 0.2) is 0 Å². The Hall–Kier alpha value is -0.440. The van der Waals surface area contributed by atoms with Crippen molar-refractivity contribution in [2.45, 2.75) is 19.5 Å². The summed E-state index contributed by atoms with van der Waals surface area (Å²) in [5, 5.41) is 5.93. The molecule has 1 unspecified atom stereocenters. The molecule has 0 saturated heterocycles. The van der Waals surface area contributed by atoms with Crippen LogP contribution < -0.4 is 5.32 Å². The number of halogens is 4. The Labute approximate surface area is 138 Å². The van der Waals surface area contributed by atoms with Gasteiger partial charge in [0.05, 0.1) is 0 Å². The number of nitrogens with one attached hydrogen (secondary N) is 1. The van der Waals surface area contributed by atoms with Crippen LogP contribution in [0.4, 0.5) is 0 Å². The molecule has 0 aromatic heterocycles. The summed E-state index contributed by atoms with van der Waals surface area (Å²) in [6.07, 6.45) is 0. The van der Waals surface area contributed by atoms with Crippen LogP contribution in [-0.2, 0) is 6.54 Å². The molecule has 0 heterocycles. The lowest BCUT2D eigenvalue weighted by molar-refractivity contribution is 0.575. The Morgan fingerprint density at radius 2 is 1.60 bits per heavy atom. The van der Waals surface area contributed by atoms with Crippen molar-refractivity contribution in [1.29, 1.82) is 0 Å². The van der Waals surface area contributed by atoms with Crippen molar-refractivity contribution in [3.05, 3.63) is 67.6 Å². The zero-order chi connectivity index (χ0) is 14.7. The molecule has 0 bridgehead atoms. The Balaban J connectivity index is 2.11. The van der Waals surface area contributed by atoms with E-state index in [1.165, 1.54) is 0 Å². The summed E-state index contributed by atoms with van der Waals surface area (Å²) in [6.45, 7) is 2.60. The standard InChI is InChI=1S/C15H13Cl4N/c1-9(11-6-5-10(16)7-15(11)19)20-8-12-13(17)3-2-4-14(12)18/h2-7,9,20H,8H2,1H3. The van der Waals surface area contributed by atoms with E-state index in [1.54, 1.807) is 6.07 Å². The van der Waals surface area contributed by atoms with Crippen LogP contribution in [-0.4, -0.2) is 0 Å². The number of rotatable bonds is 4. The highest BCUT2D eigenvalue weighted by Crippen LogP contribution is 2.28. The first-order valence-electron chi connectivity index (χ1n) is 6.10. The summed E-state index contributed by atoms with van der Waals surface area (Å²) < 4.78 is 0. The van der Waals surface area contributed by atoms with Gasteiger partial charge in [0.25, 0.3) is 0 Å². The fourth-order valence-electron chi connectivity index (χ4n) is 1.92. The zero-order valence-electron chi connectivity index (χ0n) is 10.8. The van der Waals surface area contributed by atoms with E-state index in [1.807, 2.05) is 37.3 Å². The SMILES string of the molecule is CC(NCc1c(Cl)cccc1Cl)c1ccc(Cl)cc1Cl. The van der Waals surface area contributed by atoms with Gasteiger partial charge in [-0.1, -0.05) is 58.5 Å². The highest BCUT2D eigenvalue weighted by Gasteiger charge is 2.11. The van der Waals surface area contributed by atoms with Gasteiger partial charge in [0, 0.05) is 38.2 Å². The predicted molar refractivity (Wildman–Crippen MR) is 88.2 cm³/mol. The van der Waals surface area contributed by atoms with Gasteiger partial charge in [0.1, 0.15) is 0 Å². The van der Waals surface area contributed by atoms with Crippen molar-refractivity contribution in [3.8, 4) is 0 Å². The predicted octanol–water partition coefficient (Wildman–Crippen LogP) is 6.15. The zero-order valence-corrected chi connectivity index (χ0v) is 13.8.